The second-order valence-electron chi connectivity index (χ2n) is 5.35. The summed E-state index contributed by atoms with van der Waals surface area (Å²) < 4.78 is 57.3. The minimum atomic E-state index is -4.48. The highest BCUT2D eigenvalue weighted by Gasteiger charge is 2.33. The van der Waals surface area contributed by atoms with Crippen molar-refractivity contribution in [2.75, 3.05) is 13.7 Å². The first-order valence-corrected chi connectivity index (χ1v) is 9.36. The summed E-state index contributed by atoms with van der Waals surface area (Å²) >= 11 is 0. The molecule has 1 saturated heterocycles. The summed E-state index contributed by atoms with van der Waals surface area (Å²) in [6.45, 7) is 4.48. The first kappa shape index (κ1) is 21.6. The van der Waals surface area contributed by atoms with E-state index >= 15 is 0 Å². The Morgan fingerprint density at radius 2 is 2.00 bits per heavy atom. The lowest BCUT2D eigenvalue weighted by molar-refractivity contribution is -0.141. The van der Waals surface area contributed by atoms with Crippen LogP contribution in [0.4, 0.5) is 13.2 Å². The highest BCUT2D eigenvalue weighted by molar-refractivity contribution is 7.82. The quantitative estimate of drug-likeness (QED) is 0.738. The van der Waals surface area contributed by atoms with Crippen LogP contribution in [0.2, 0.25) is 0 Å². The van der Waals surface area contributed by atoms with Crippen LogP contribution in [0.1, 0.15) is 45.1 Å². The SMILES string of the molecule is CC.COC(=O)CC1CCCCN1S(=O)c1cccc(C(F)(F)F)c1. The molecule has 0 aliphatic carbocycles. The summed E-state index contributed by atoms with van der Waals surface area (Å²) in [7, 11) is -0.461. The Hall–Kier alpha value is -1.41. The molecule has 1 fully saturated rings. The van der Waals surface area contributed by atoms with Crippen LogP contribution in [0.25, 0.3) is 0 Å². The molecule has 142 valence electrons. The van der Waals surface area contributed by atoms with E-state index in [2.05, 4.69) is 4.74 Å². The lowest BCUT2D eigenvalue weighted by atomic mass is 10.0. The summed E-state index contributed by atoms with van der Waals surface area (Å²) in [5, 5.41) is 0. The van der Waals surface area contributed by atoms with Crippen LogP contribution >= 0.6 is 0 Å². The maximum absolute atomic E-state index is 12.8. The Balaban J connectivity index is 0.00000151. The molecule has 2 atom stereocenters. The normalized spacial score (nSPS) is 19.5. The molecule has 8 heteroatoms. The molecule has 1 heterocycles. The molecule has 0 N–H and O–H groups in total. The molecule has 0 spiro atoms. The molecular weight excluding hydrogens is 355 g/mol. The van der Waals surface area contributed by atoms with Crippen LogP contribution in [0.5, 0.6) is 0 Å². The first-order valence-electron chi connectivity index (χ1n) is 8.25. The molecule has 2 rings (SSSR count). The topological polar surface area (TPSA) is 46.6 Å². The summed E-state index contributed by atoms with van der Waals surface area (Å²) in [5.74, 6) is -0.414. The van der Waals surface area contributed by atoms with E-state index in [9.17, 15) is 22.2 Å². The van der Waals surface area contributed by atoms with Crippen molar-refractivity contribution in [1.82, 2.24) is 4.31 Å². The smallest absolute Gasteiger partial charge is 0.416 e. The fourth-order valence-corrected chi connectivity index (χ4v) is 4.03. The number of carbonyl (C=O) groups is 1. The van der Waals surface area contributed by atoms with Crippen molar-refractivity contribution in [3.05, 3.63) is 29.8 Å². The number of benzene rings is 1. The van der Waals surface area contributed by atoms with Crippen molar-refractivity contribution in [3.8, 4) is 0 Å². The van der Waals surface area contributed by atoms with Crippen molar-refractivity contribution >= 4 is 17.0 Å². The van der Waals surface area contributed by atoms with E-state index in [1.54, 1.807) is 4.31 Å². The number of piperidine rings is 1. The zero-order chi connectivity index (χ0) is 19.0. The third-order valence-corrected chi connectivity index (χ3v) is 5.34. The van der Waals surface area contributed by atoms with Gasteiger partial charge in [-0.2, -0.15) is 13.2 Å². The summed E-state index contributed by atoms with van der Waals surface area (Å²) in [6.07, 6.45) is -2.05. The predicted octanol–water partition coefficient (Wildman–Crippen LogP) is 4.17. The van der Waals surface area contributed by atoms with Crippen molar-refractivity contribution in [2.45, 2.75) is 56.6 Å². The van der Waals surface area contributed by atoms with Crippen molar-refractivity contribution in [2.24, 2.45) is 0 Å². The van der Waals surface area contributed by atoms with E-state index in [-0.39, 0.29) is 17.4 Å². The minimum Gasteiger partial charge on any atom is -0.469 e. The van der Waals surface area contributed by atoms with Gasteiger partial charge in [0.05, 0.1) is 24.0 Å². The zero-order valence-corrected chi connectivity index (χ0v) is 15.5. The third-order valence-electron chi connectivity index (χ3n) is 3.78. The van der Waals surface area contributed by atoms with Crippen LogP contribution in [0, 0.1) is 0 Å². The summed E-state index contributed by atoms with van der Waals surface area (Å²) in [5.41, 5.74) is -0.829. The van der Waals surface area contributed by atoms with Gasteiger partial charge < -0.3 is 4.74 Å². The number of hydrogen-bond donors (Lipinski definition) is 0. The largest absolute Gasteiger partial charge is 0.469 e. The van der Waals surface area contributed by atoms with Gasteiger partial charge in [0.25, 0.3) is 0 Å². The highest BCUT2D eigenvalue weighted by Crippen LogP contribution is 2.31. The number of hydrogen-bond acceptors (Lipinski definition) is 3. The van der Waals surface area contributed by atoms with Gasteiger partial charge >= 0.3 is 12.1 Å². The molecule has 4 nitrogen and oxygen atoms in total. The molecule has 1 aromatic rings. The van der Waals surface area contributed by atoms with Crippen molar-refractivity contribution in [1.29, 1.82) is 0 Å². The molecule has 1 aliphatic rings. The molecule has 2 unspecified atom stereocenters. The molecule has 0 bridgehead atoms. The molecule has 25 heavy (non-hydrogen) atoms. The van der Waals surface area contributed by atoms with E-state index in [1.165, 1.54) is 19.2 Å². The first-order chi connectivity index (χ1) is 11.8. The van der Waals surface area contributed by atoms with Gasteiger partial charge in [0, 0.05) is 12.6 Å². The third kappa shape index (κ3) is 6.11. The fourth-order valence-electron chi connectivity index (χ4n) is 2.59. The lowest BCUT2D eigenvalue weighted by Gasteiger charge is -2.33. The predicted molar refractivity (Wildman–Crippen MR) is 90.2 cm³/mol. The van der Waals surface area contributed by atoms with E-state index in [4.69, 9.17) is 0 Å². The average Bonchev–Trinajstić information content (AvgIpc) is 2.62. The van der Waals surface area contributed by atoms with Crippen LogP contribution in [0.15, 0.2) is 29.2 Å². The zero-order valence-electron chi connectivity index (χ0n) is 14.6. The average molecular weight is 379 g/mol. The number of esters is 1. The van der Waals surface area contributed by atoms with Gasteiger partial charge in [0.2, 0.25) is 0 Å². The Labute approximate surface area is 148 Å². The van der Waals surface area contributed by atoms with E-state index in [0.29, 0.717) is 13.0 Å². The number of halogens is 3. The van der Waals surface area contributed by atoms with Gasteiger partial charge in [0.15, 0.2) is 0 Å². The fraction of sp³-hybridized carbons (Fsp3) is 0.588. The molecule has 0 amide bonds. The minimum absolute atomic E-state index is 0.0845. The van der Waals surface area contributed by atoms with Gasteiger partial charge in [-0.05, 0) is 31.0 Å². The summed E-state index contributed by atoms with van der Waals surface area (Å²) in [4.78, 5) is 11.6. The summed E-state index contributed by atoms with van der Waals surface area (Å²) in [6, 6.07) is 4.22. The number of carbonyl (C=O) groups excluding carboxylic acids is 1. The van der Waals surface area contributed by atoms with E-state index < -0.39 is 28.7 Å². The molecule has 1 aromatic carbocycles. The van der Waals surface area contributed by atoms with E-state index in [0.717, 1.165) is 25.0 Å². The Morgan fingerprint density at radius 1 is 1.32 bits per heavy atom. The van der Waals surface area contributed by atoms with Crippen molar-refractivity contribution in [3.63, 3.8) is 0 Å². The monoisotopic (exact) mass is 379 g/mol. The van der Waals surface area contributed by atoms with Crippen LogP contribution in [-0.2, 0) is 26.7 Å². The number of nitrogens with zero attached hydrogens (tertiary/aromatic N) is 1. The van der Waals surface area contributed by atoms with Crippen LogP contribution < -0.4 is 0 Å². The highest BCUT2D eigenvalue weighted by atomic mass is 32.2. The molecule has 0 saturated carbocycles. The van der Waals surface area contributed by atoms with Crippen molar-refractivity contribution < 1.29 is 26.9 Å². The molecular formula is C17H24F3NO3S. The number of rotatable bonds is 4. The van der Waals surface area contributed by atoms with Crippen LogP contribution in [0.3, 0.4) is 0 Å². The lowest BCUT2D eigenvalue weighted by Crippen LogP contribution is -2.42. The van der Waals surface area contributed by atoms with Gasteiger partial charge in [-0.15, -0.1) is 0 Å². The number of ether oxygens (including phenoxy) is 1. The van der Waals surface area contributed by atoms with E-state index in [1.807, 2.05) is 13.8 Å². The standard InChI is InChI=1S/C15H18F3NO3S.C2H6/c1-22-14(20)10-12-6-2-3-8-19(12)23(21)13-7-4-5-11(9-13)15(16,17)18;1-2/h4-5,7,9,12H,2-3,6,8,10H2,1H3;1-2H3. The Bertz CT molecular complexity index is 593. The Morgan fingerprint density at radius 3 is 2.60 bits per heavy atom. The molecule has 0 radical (unpaired) electrons. The Kier molecular flexibility index (Phi) is 8.58. The number of methoxy groups -OCH3 is 1. The van der Waals surface area contributed by atoms with Gasteiger partial charge in [-0.25, -0.2) is 8.51 Å². The second-order valence-corrected chi connectivity index (χ2v) is 6.78. The van der Waals surface area contributed by atoms with Gasteiger partial charge in [-0.1, -0.05) is 26.3 Å². The number of alkyl halides is 3. The van der Waals surface area contributed by atoms with Gasteiger partial charge in [0.1, 0.15) is 11.0 Å². The molecule has 0 aromatic heterocycles. The van der Waals surface area contributed by atoms with Gasteiger partial charge in [-0.3, -0.25) is 4.79 Å². The second kappa shape index (κ2) is 9.91. The molecule has 1 aliphatic heterocycles. The van der Waals surface area contributed by atoms with Crippen LogP contribution in [-0.4, -0.2) is 34.2 Å². The maximum Gasteiger partial charge on any atom is 0.416 e. The maximum atomic E-state index is 12.8.